The number of carbonyl (C=O) groups is 2. The topological polar surface area (TPSA) is 63.6 Å². The molecule has 102 valence electrons. The highest BCUT2D eigenvalue weighted by Gasteiger charge is 2.14. The van der Waals surface area contributed by atoms with Crippen molar-refractivity contribution in [2.24, 2.45) is 0 Å². The molecule has 0 saturated carbocycles. The molecule has 0 bridgehead atoms. The lowest BCUT2D eigenvalue weighted by molar-refractivity contribution is 0.0472. The van der Waals surface area contributed by atoms with Gasteiger partial charge < -0.3 is 9.84 Å². The van der Waals surface area contributed by atoms with Gasteiger partial charge in [-0.15, -0.1) is 0 Å². The molecule has 2 aromatic rings. The summed E-state index contributed by atoms with van der Waals surface area (Å²) in [7, 11) is 0. The number of Topliss-reactive ketones (excluding diaryl/α,β-unsaturated/α-hetero) is 1. The fourth-order valence-electron chi connectivity index (χ4n) is 1.57. The molecule has 0 spiro atoms. The molecule has 0 aliphatic rings. The van der Waals surface area contributed by atoms with Crippen molar-refractivity contribution >= 4 is 23.4 Å². The van der Waals surface area contributed by atoms with E-state index in [2.05, 4.69) is 0 Å². The molecular weight excluding hydrogens is 280 g/mol. The second-order valence-corrected chi connectivity index (χ2v) is 4.46. The van der Waals surface area contributed by atoms with Crippen molar-refractivity contribution in [2.45, 2.75) is 0 Å². The number of halogens is 1. The zero-order valence-corrected chi connectivity index (χ0v) is 11.1. The molecule has 0 fully saturated rings. The van der Waals surface area contributed by atoms with E-state index in [1.807, 2.05) is 0 Å². The molecule has 0 unspecified atom stereocenters. The van der Waals surface area contributed by atoms with Crippen LogP contribution in [0.4, 0.5) is 0 Å². The molecule has 5 heteroatoms. The van der Waals surface area contributed by atoms with Crippen LogP contribution in [0, 0.1) is 0 Å². The molecule has 1 N–H and O–H groups in total. The van der Waals surface area contributed by atoms with Crippen molar-refractivity contribution in [1.82, 2.24) is 0 Å². The van der Waals surface area contributed by atoms with Crippen molar-refractivity contribution < 1.29 is 19.4 Å². The van der Waals surface area contributed by atoms with E-state index in [1.54, 1.807) is 36.4 Å². The number of aromatic hydroxyl groups is 1. The minimum atomic E-state index is -0.745. The summed E-state index contributed by atoms with van der Waals surface area (Å²) >= 11 is 5.72. The third kappa shape index (κ3) is 3.36. The van der Waals surface area contributed by atoms with Crippen LogP contribution in [0.25, 0.3) is 0 Å². The van der Waals surface area contributed by atoms with E-state index in [0.717, 1.165) is 0 Å². The maximum atomic E-state index is 11.8. The third-order valence-electron chi connectivity index (χ3n) is 2.62. The number of phenolic OH excluding ortho intramolecular Hbond substituents is 1. The number of rotatable bonds is 4. The highest BCUT2D eigenvalue weighted by Crippen LogP contribution is 2.17. The quantitative estimate of drug-likeness (QED) is 0.694. The Labute approximate surface area is 120 Å². The monoisotopic (exact) mass is 290 g/mol. The van der Waals surface area contributed by atoms with Crippen LogP contribution in [-0.2, 0) is 4.74 Å². The summed E-state index contributed by atoms with van der Waals surface area (Å²) < 4.78 is 4.87. The first-order valence-corrected chi connectivity index (χ1v) is 6.19. The number of ketones is 1. The van der Waals surface area contributed by atoms with Crippen LogP contribution in [-0.4, -0.2) is 23.5 Å². The highest BCUT2D eigenvalue weighted by molar-refractivity contribution is 6.30. The Hall–Kier alpha value is -2.33. The minimum Gasteiger partial charge on any atom is -0.507 e. The third-order valence-corrected chi connectivity index (χ3v) is 2.88. The number of esters is 1. The Morgan fingerprint density at radius 3 is 2.35 bits per heavy atom. The smallest absolute Gasteiger partial charge is 0.342 e. The van der Waals surface area contributed by atoms with Crippen molar-refractivity contribution in [2.75, 3.05) is 6.61 Å². The van der Waals surface area contributed by atoms with Gasteiger partial charge in [-0.2, -0.15) is 0 Å². The molecule has 2 aromatic carbocycles. The molecule has 0 atom stereocenters. The molecule has 2 rings (SSSR count). The second kappa shape index (κ2) is 6.21. The molecule has 0 heterocycles. The van der Waals surface area contributed by atoms with E-state index in [-0.39, 0.29) is 17.1 Å². The summed E-state index contributed by atoms with van der Waals surface area (Å²) in [6, 6.07) is 12.3. The standard InChI is InChI=1S/C15H11ClO4/c16-11-7-5-10(6-8-11)14(18)9-20-15(19)12-3-1-2-4-13(12)17/h1-8,17H,9H2. The predicted octanol–water partition coefficient (Wildman–Crippen LogP) is 3.09. The fraction of sp³-hybridized carbons (Fsp3) is 0.0667. The van der Waals surface area contributed by atoms with Gasteiger partial charge in [-0.3, -0.25) is 4.79 Å². The van der Waals surface area contributed by atoms with Crippen molar-refractivity contribution in [3.8, 4) is 5.75 Å². The Bertz CT molecular complexity index is 635. The lowest BCUT2D eigenvalue weighted by atomic mass is 10.1. The molecule has 0 aliphatic heterocycles. The van der Waals surface area contributed by atoms with Crippen LogP contribution in [0.5, 0.6) is 5.75 Å². The summed E-state index contributed by atoms with van der Waals surface area (Å²) in [5.74, 6) is -1.27. The van der Waals surface area contributed by atoms with Crippen LogP contribution < -0.4 is 0 Å². The van der Waals surface area contributed by atoms with Gasteiger partial charge in [0.25, 0.3) is 0 Å². The van der Waals surface area contributed by atoms with E-state index >= 15 is 0 Å². The molecule has 0 amide bonds. The first kappa shape index (κ1) is 14.1. The predicted molar refractivity (Wildman–Crippen MR) is 74.2 cm³/mol. The zero-order valence-electron chi connectivity index (χ0n) is 10.4. The summed E-state index contributed by atoms with van der Waals surface area (Å²) in [6.07, 6.45) is 0. The van der Waals surface area contributed by atoms with Gasteiger partial charge >= 0.3 is 5.97 Å². The van der Waals surface area contributed by atoms with E-state index in [0.29, 0.717) is 10.6 Å². The van der Waals surface area contributed by atoms with Gasteiger partial charge in [0, 0.05) is 10.6 Å². The lowest BCUT2D eigenvalue weighted by Crippen LogP contribution is -2.14. The minimum absolute atomic E-state index is 0.0245. The van der Waals surface area contributed by atoms with E-state index < -0.39 is 12.6 Å². The highest BCUT2D eigenvalue weighted by atomic mass is 35.5. The molecule has 0 saturated heterocycles. The number of ether oxygens (including phenoxy) is 1. The van der Waals surface area contributed by atoms with Crippen molar-refractivity contribution in [3.63, 3.8) is 0 Å². The summed E-state index contributed by atoms with van der Waals surface area (Å²) in [5.41, 5.74) is 0.427. The largest absolute Gasteiger partial charge is 0.507 e. The number of para-hydroxylation sites is 1. The maximum Gasteiger partial charge on any atom is 0.342 e. The van der Waals surface area contributed by atoms with Gasteiger partial charge in [0.15, 0.2) is 12.4 Å². The first-order chi connectivity index (χ1) is 9.58. The molecule has 0 radical (unpaired) electrons. The van der Waals surface area contributed by atoms with Gasteiger partial charge in [-0.1, -0.05) is 23.7 Å². The normalized spacial score (nSPS) is 10.1. The van der Waals surface area contributed by atoms with Crippen LogP contribution in [0.1, 0.15) is 20.7 Å². The second-order valence-electron chi connectivity index (χ2n) is 4.02. The van der Waals surface area contributed by atoms with Crippen LogP contribution in [0.3, 0.4) is 0 Å². The van der Waals surface area contributed by atoms with E-state index in [4.69, 9.17) is 16.3 Å². The summed E-state index contributed by atoms with van der Waals surface area (Å²) in [5, 5.41) is 10.0. The van der Waals surface area contributed by atoms with Gasteiger partial charge in [0.2, 0.25) is 0 Å². The van der Waals surface area contributed by atoms with Crippen molar-refractivity contribution in [1.29, 1.82) is 0 Å². The Morgan fingerprint density at radius 2 is 1.70 bits per heavy atom. The number of phenols is 1. The average Bonchev–Trinajstić information content (AvgIpc) is 2.45. The first-order valence-electron chi connectivity index (χ1n) is 5.82. The van der Waals surface area contributed by atoms with Gasteiger partial charge in [-0.05, 0) is 36.4 Å². The molecular formula is C15H11ClO4. The number of hydrogen-bond donors (Lipinski definition) is 1. The van der Waals surface area contributed by atoms with Gasteiger partial charge in [-0.25, -0.2) is 4.79 Å². The Kier molecular flexibility index (Phi) is 4.38. The maximum absolute atomic E-state index is 11.8. The fourth-order valence-corrected chi connectivity index (χ4v) is 1.70. The van der Waals surface area contributed by atoms with Gasteiger partial charge in [0.05, 0.1) is 0 Å². The van der Waals surface area contributed by atoms with Crippen LogP contribution >= 0.6 is 11.6 Å². The molecule has 0 aromatic heterocycles. The SMILES string of the molecule is O=C(COC(=O)c1ccccc1O)c1ccc(Cl)cc1. The van der Waals surface area contributed by atoms with Crippen molar-refractivity contribution in [3.05, 3.63) is 64.7 Å². The Balaban J connectivity index is 1.99. The van der Waals surface area contributed by atoms with Gasteiger partial charge in [0.1, 0.15) is 11.3 Å². The summed E-state index contributed by atoms with van der Waals surface area (Å²) in [4.78, 5) is 23.5. The molecule has 0 aliphatic carbocycles. The number of benzene rings is 2. The van der Waals surface area contributed by atoms with Crippen LogP contribution in [0.15, 0.2) is 48.5 Å². The van der Waals surface area contributed by atoms with Crippen LogP contribution in [0.2, 0.25) is 5.02 Å². The Morgan fingerprint density at radius 1 is 1.05 bits per heavy atom. The molecule has 4 nitrogen and oxygen atoms in total. The average molecular weight is 291 g/mol. The number of hydrogen-bond acceptors (Lipinski definition) is 4. The molecule has 20 heavy (non-hydrogen) atoms. The van der Waals surface area contributed by atoms with E-state index in [9.17, 15) is 14.7 Å². The van der Waals surface area contributed by atoms with E-state index in [1.165, 1.54) is 12.1 Å². The zero-order chi connectivity index (χ0) is 14.5. The lowest BCUT2D eigenvalue weighted by Gasteiger charge is -2.05. The summed E-state index contributed by atoms with van der Waals surface area (Å²) in [6.45, 7) is -0.394. The number of carbonyl (C=O) groups excluding carboxylic acids is 2.